The van der Waals surface area contributed by atoms with Gasteiger partial charge in [0.1, 0.15) is 5.75 Å². The molecule has 2 aromatic rings. The summed E-state index contributed by atoms with van der Waals surface area (Å²) in [7, 11) is 4.24. The molecule has 1 aliphatic carbocycles. The summed E-state index contributed by atoms with van der Waals surface area (Å²) in [6.45, 7) is 1.99. The average Bonchev–Trinajstić information content (AvgIpc) is 2.87. The number of fused-ring (bicyclic) bond motifs is 2. The zero-order valence-corrected chi connectivity index (χ0v) is 15.5. The minimum atomic E-state index is 0.221. The van der Waals surface area contributed by atoms with Gasteiger partial charge in [-0.3, -0.25) is 0 Å². The Labute approximate surface area is 155 Å². The molecule has 1 unspecified atom stereocenters. The van der Waals surface area contributed by atoms with E-state index in [1.165, 1.54) is 5.57 Å². The van der Waals surface area contributed by atoms with Crippen LogP contribution in [-0.4, -0.2) is 43.4 Å². The molecule has 0 spiro atoms. The molecule has 1 heterocycles. The summed E-state index contributed by atoms with van der Waals surface area (Å²) in [5, 5.41) is 11.4. The van der Waals surface area contributed by atoms with Crippen LogP contribution < -0.4 is 0 Å². The summed E-state index contributed by atoms with van der Waals surface area (Å²) in [5.74, 6) is 0.991. The van der Waals surface area contributed by atoms with Crippen molar-refractivity contribution in [2.24, 2.45) is 5.92 Å². The third-order valence-electron chi connectivity index (χ3n) is 4.61. The number of phenols is 1. The normalized spacial score (nSPS) is 21.6. The van der Waals surface area contributed by atoms with Crippen molar-refractivity contribution in [1.29, 1.82) is 0 Å². The number of benzene rings is 2. The van der Waals surface area contributed by atoms with E-state index in [4.69, 9.17) is 4.74 Å². The van der Waals surface area contributed by atoms with Crippen LogP contribution in [0.25, 0.3) is 10.8 Å². The topological polar surface area (TPSA) is 32.7 Å². The lowest BCUT2D eigenvalue weighted by Crippen LogP contribution is -2.33. The van der Waals surface area contributed by atoms with E-state index in [0.29, 0.717) is 11.7 Å². The molecule has 0 amide bonds. The molecule has 1 fully saturated rings. The molecule has 0 bridgehead atoms. The molecule has 1 aliphatic heterocycles. The molecule has 3 heteroatoms. The van der Waals surface area contributed by atoms with E-state index in [9.17, 15) is 5.11 Å². The van der Waals surface area contributed by atoms with Gasteiger partial charge in [0.25, 0.3) is 0 Å². The number of hydrogen-bond acceptors (Lipinski definition) is 3. The van der Waals surface area contributed by atoms with Gasteiger partial charge in [-0.2, -0.15) is 0 Å². The van der Waals surface area contributed by atoms with Gasteiger partial charge >= 0.3 is 0 Å². The maximum Gasteiger partial charge on any atom is 0.123 e. The van der Waals surface area contributed by atoms with Crippen LogP contribution in [0.5, 0.6) is 5.75 Å². The molecule has 0 aromatic heterocycles. The van der Waals surface area contributed by atoms with Gasteiger partial charge in [0.15, 0.2) is 0 Å². The Balaban J connectivity index is 0.000000158. The zero-order valence-electron chi connectivity index (χ0n) is 15.5. The lowest BCUT2D eigenvalue weighted by atomic mass is 9.92. The first-order valence-electron chi connectivity index (χ1n) is 9.10. The molecule has 136 valence electrons. The van der Waals surface area contributed by atoms with Crippen LogP contribution >= 0.6 is 0 Å². The fourth-order valence-electron chi connectivity index (χ4n) is 3.45. The number of ether oxygens (including phenoxy) is 1. The summed E-state index contributed by atoms with van der Waals surface area (Å²) in [5.41, 5.74) is 1.41. The molecule has 3 nitrogen and oxygen atoms in total. The first-order chi connectivity index (χ1) is 12.6. The van der Waals surface area contributed by atoms with E-state index in [1.807, 2.05) is 36.4 Å². The van der Waals surface area contributed by atoms with Crippen LogP contribution in [0.1, 0.15) is 6.42 Å². The molecular formula is C23H27NO2. The number of rotatable bonds is 2. The maximum absolute atomic E-state index is 9.37. The highest BCUT2D eigenvalue weighted by Crippen LogP contribution is 2.27. The molecule has 0 radical (unpaired) electrons. The fraction of sp³-hybridized carbons (Fsp3) is 0.304. The second kappa shape index (κ2) is 8.84. The fourth-order valence-corrected chi connectivity index (χ4v) is 3.45. The number of phenolic OH excluding ortho intramolecular Hbond substituents is 1. The van der Waals surface area contributed by atoms with Gasteiger partial charge in [-0.05, 0) is 43.5 Å². The quantitative estimate of drug-likeness (QED) is 0.863. The lowest BCUT2D eigenvalue weighted by Gasteiger charge is -2.31. The molecule has 1 saturated heterocycles. The SMILES string of the molecule is CN(C)C[C@@H]1COC2C=CC=CC=C2C1.Oc1cccc2ccccc12. The summed E-state index contributed by atoms with van der Waals surface area (Å²) in [6, 6.07) is 13.3. The summed E-state index contributed by atoms with van der Waals surface area (Å²) >= 11 is 0. The second-order valence-corrected chi connectivity index (χ2v) is 7.10. The summed E-state index contributed by atoms with van der Waals surface area (Å²) in [6.07, 6.45) is 12.0. The van der Waals surface area contributed by atoms with Crippen molar-refractivity contribution in [2.45, 2.75) is 12.5 Å². The standard InChI is InChI=1S/C13H19NO.C10H8O/c1-14(2)9-11-8-12-6-4-3-5-7-13(12)15-10-11;11-10-7-3-5-8-4-1-2-6-9(8)10/h3-7,11,13H,8-10H2,1-2H3;1-7,11H/t11-,13?;/m1./s1. The zero-order chi connectivity index (χ0) is 18.4. The van der Waals surface area contributed by atoms with Crippen molar-refractivity contribution in [3.63, 3.8) is 0 Å². The second-order valence-electron chi connectivity index (χ2n) is 7.10. The van der Waals surface area contributed by atoms with Gasteiger partial charge in [-0.25, -0.2) is 0 Å². The van der Waals surface area contributed by atoms with Crippen molar-refractivity contribution in [1.82, 2.24) is 4.90 Å². The Kier molecular flexibility index (Phi) is 6.26. The molecule has 4 rings (SSSR count). The molecule has 2 atom stereocenters. The van der Waals surface area contributed by atoms with Crippen LogP contribution in [-0.2, 0) is 4.74 Å². The highest BCUT2D eigenvalue weighted by Gasteiger charge is 2.24. The number of allylic oxidation sites excluding steroid dienone is 4. The van der Waals surface area contributed by atoms with E-state index in [-0.39, 0.29) is 6.10 Å². The third-order valence-corrected chi connectivity index (χ3v) is 4.61. The van der Waals surface area contributed by atoms with Crippen molar-refractivity contribution in [3.05, 3.63) is 78.4 Å². The minimum Gasteiger partial charge on any atom is -0.507 e. The van der Waals surface area contributed by atoms with E-state index < -0.39 is 0 Å². The van der Waals surface area contributed by atoms with Crippen LogP contribution in [0.4, 0.5) is 0 Å². The largest absolute Gasteiger partial charge is 0.507 e. The summed E-state index contributed by atoms with van der Waals surface area (Å²) in [4.78, 5) is 2.23. The van der Waals surface area contributed by atoms with Gasteiger partial charge in [-0.1, -0.05) is 66.8 Å². The third kappa shape index (κ3) is 4.84. The lowest BCUT2D eigenvalue weighted by molar-refractivity contribution is 0.0382. The Morgan fingerprint density at radius 2 is 1.85 bits per heavy atom. The Hall–Kier alpha value is -2.36. The van der Waals surface area contributed by atoms with E-state index in [2.05, 4.69) is 49.4 Å². The van der Waals surface area contributed by atoms with Crippen molar-refractivity contribution >= 4 is 10.8 Å². The van der Waals surface area contributed by atoms with E-state index >= 15 is 0 Å². The van der Waals surface area contributed by atoms with Gasteiger partial charge in [0, 0.05) is 11.9 Å². The first kappa shape index (κ1) is 18.4. The van der Waals surface area contributed by atoms with Crippen LogP contribution in [0.15, 0.2) is 78.4 Å². The van der Waals surface area contributed by atoms with Gasteiger partial charge < -0.3 is 14.7 Å². The van der Waals surface area contributed by atoms with Crippen molar-refractivity contribution in [3.8, 4) is 5.75 Å². The average molecular weight is 349 g/mol. The first-order valence-corrected chi connectivity index (χ1v) is 9.10. The van der Waals surface area contributed by atoms with E-state index in [0.717, 1.165) is 30.3 Å². The van der Waals surface area contributed by atoms with Crippen molar-refractivity contribution < 1.29 is 9.84 Å². The van der Waals surface area contributed by atoms with Gasteiger partial charge in [0.2, 0.25) is 0 Å². The highest BCUT2D eigenvalue weighted by atomic mass is 16.5. The van der Waals surface area contributed by atoms with Crippen LogP contribution in [0, 0.1) is 5.92 Å². The van der Waals surface area contributed by atoms with E-state index in [1.54, 1.807) is 6.07 Å². The number of hydrogen-bond donors (Lipinski definition) is 1. The smallest absolute Gasteiger partial charge is 0.123 e. The molecule has 1 N–H and O–H groups in total. The van der Waals surface area contributed by atoms with Crippen LogP contribution in [0.3, 0.4) is 0 Å². The van der Waals surface area contributed by atoms with Crippen LogP contribution in [0.2, 0.25) is 0 Å². The predicted octanol–water partition coefficient (Wildman–Crippen LogP) is 4.55. The molecule has 2 aromatic carbocycles. The molecule has 0 saturated carbocycles. The van der Waals surface area contributed by atoms with Gasteiger partial charge in [0.05, 0.1) is 12.7 Å². The number of nitrogens with zero attached hydrogens (tertiary/aromatic N) is 1. The highest BCUT2D eigenvalue weighted by molar-refractivity contribution is 5.87. The molecule has 2 aliphatic rings. The Bertz CT molecular complexity index is 815. The van der Waals surface area contributed by atoms with Gasteiger partial charge in [-0.15, -0.1) is 0 Å². The summed E-state index contributed by atoms with van der Waals surface area (Å²) < 4.78 is 5.85. The Morgan fingerprint density at radius 1 is 1.04 bits per heavy atom. The molecule has 26 heavy (non-hydrogen) atoms. The Morgan fingerprint density at radius 3 is 2.65 bits per heavy atom. The predicted molar refractivity (Wildman–Crippen MR) is 108 cm³/mol. The minimum absolute atomic E-state index is 0.221. The molecular weight excluding hydrogens is 322 g/mol. The maximum atomic E-state index is 9.37. The van der Waals surface area contributed by atoms with Crippen molar-refractivity contribution in [2.75, 3.05) is 27.2 Å². The number of aromatic hydroxyl groups is 1. The monoisotopic (exact) mass is 349 g/mol.